The van der Waals surface area contributed by atoms with E-state index >= 15 is 0 Å². The highest BCUT2D eigenvalue weighted by Gasteiger charge is 2.25. The molecule has 1 aliphatic heterocycles. The molecule has 2 heterocycles. The monoisotopic (exact) mass is 401 g/mol. The molecule has 1 aliphatic rings. The third kappa shape index (κ3) is 5.60. The van der Waals surface area contributed by atoms with E-state index in [1.54, 1.807) is 19.4 Å². The molecule has 0 aliphatic carbocycles. The molecule has 0 saturated carbocycles. The highest BCUT2D eigenvalue weighted by Crippen LogP contribution is 2.13. The van der Waals surface area contributed by atoms with Crippen molar-refractivity contribution in [1.29, 1.82) is 0 Å². The Kier molecular flexibility index (Phi) is 7.08. The molecule has 1 amide bonds. The van der Waals surface area contributed by atoms with Gasteiger partial charge in [0.15, 0.2) is 5.96 Å². The summed E-state index contributed by atoms with van der Waals surface area (Å²) in [5.41, 5.74) is 1.07. The van der Waals surface area contributed by atoms with Gasteiger partial charge < -0.3 is 19.9 Å². The standard InChI is InChI=1S/C20H24ClN5O2/c1-22-20(24-9-12-28-18-3-2-8-23-13-18)26-11-10-25(19(27)15-26)14-16-4-6-17(21)7-5-16/h2-8,13H,9-12,14-15H2,1H3,(H,22,24). The average molecular weight is 402 g/mol. The molecule has 1 fully saturated rings. The summed E-state index contributed by atoms with van der Waals surface area (Å²) in [7, 11) is 1.72. The van der Waals surface area contributed by atoms with Gasteiger partial charge in [0.05, 0.1) is 19.3 Å². The molecule has 1 aromatic heterocycles. The fraction of sp³-hybridized carbons (Fsp3) is 0.350. The number of aromatic nitrogens is 1. The largest absolute Gasteiger partial charge is 0.490 e. The molecule has 7 nitrogen and oxygen atoms in total. The van der Waals surface area contributed by atoms with Crippen LogP contribution >= 0.6 is 11.6 Å². The normalized spacial score (nSPS) is 14.9. The van der Waals surface area contributed by atoms with E-state index in [1.807, 2.05) is 46.2 Å². The molecule has 0 unspecified atom stereocenters. The quantitative estimate of drug-likeness (QED) is 0.455. The molecule has 0 atom stereocenters. The lowest BCUT2D eigenvalue weighted by atomic mass is 10.2. The van der Waals surface area contributed by atoms with Crippen LogP contribution in [0.15, 0.2) is 53.8 Å². The van der Waals surface area contributed by atoms with Crippen LogP contribution in [-0.2, 0) is 11.3 Å². The molecular weight excluding hydrogens is 378 g/mol. The van der Waals surface area contributed by atoms with Gasteiger partial charge in [-0.1, -0.05) is 23.7 Å². The van der Waals surface area contributed by atoms with Crippen LogP contribution in [0.1, 0.15) is 5.56 Å². The van der Waals surface area contributed by atoms with Gasteiger partial charge in [0.1, 0.15) is 12.4 Å². The number of aliphatic imine (C=N–C) groups is 1. The lowest BCUT2D eigenvalue weighted by Gasteiger charge is -2.36. The van der Waals surface area contributed by atoms with Gasteiger partial charge in [0.25, 0.3) is 0 Å². The Morgan fingerprint density at radius 3 is 2.79 bits per heavy atom. The maximum absolute atomic E-state index is 12.6. The van der Waals surface area contributed by atoms with Crippen molar-refractivity contribution in [3.63, 3.8) is 0 Å². The van der Waals surface area contributed by atoms with Crippen LogP contribution in [0.4, 0.5) is 0 Å². The van der Waals surface area contributed by atoms with Gasteiger partial charge in [-0.25, -0.2) is 0 Å². The third-order valence-corrected chi connectivity index (χ3v) is 4.66. The molecule has 28 heavy (non-hydrogen) atoms. The molecule has 3 rings (SSSR count). The molecule has 1 aromatic carbocycles. The minimum Gasteiger partial charge on any atom is -0.490 e. The Balaban J connectivity index is 1.45. The van der Waals surface area contributed by atoms with Gasteiger partial charge in [0, 0.05) is 37.9 Å². The number of guanidine groups is 1. The summed E-state index contributed by atoms with van der Waals surface area (Å²) in [4.78, 5) is 24.7. The summed E-state index contributed by atoms with van der Waals surface area (Å²) in [5.74, 6) is 1.51. The van der Waals surface area contributed by atoms with Crippen molar-refractivity contribution in [2.45, 2.75) is 6.54 Å². The number of hydrogen-bond acceptors (Lipinski definition) is 4. The topological polar surface area (TPSA) is 70.1 Å². The lowest BCUT2D eigenvalue weighted by Crippen LogP contribution is -2.55. The highest BCUT2D eigenvalue weighted by molar-refractivity contribution is 6.30. The molecule has 0 bridgehead atoms. The number of piperazine rings is 1. The zero-order valence-electron chi connectivity index (χ0n) is 15.8. The minimum absolute atomic E-state index is 0.0794. The summed E-state index contributed by atoms with van der Waals surface area (Å²) in [6, 6.07) is 11.3. The second kappa shape index (κ2) is 9.94. The number of amides is 1. The molecule has 0 radical (unpaired) electrons. The third-order valence-electron chi connectivity index (χ3n) is 4.40. The van der Waals surface area contributed by atoms with E-state index in [9.17, 15) is 4.79 Å². The Morgan fingerprint density at radius 1 is 1.29 bits per heavy atom. The minimum atomic E-state index is 0.0794. The Hall–Kier alpha value is -2.80. The van der Waals surface area contributed by atoms with Crippen LogP contribution < -0.4 is 10.1 Å². The number of ether oxygens (including phenoxy) is 1. The van der Waals surface area contributed by atoms with Gasteiger partial charge in [-0.15, -0.1) is 0 Å². The first-order valence-corrected chi connectivity index (χ1v) is 9.54. The van der Waals surface area contributed by atoms with Crippen molar-refractivity contribution in [2.24, 2.45) is 4.99 Å². The second-order valence-corrected chi connectivity index (χ2v) is 6.81. The zero-order valence-corrected chi connectivity index (χ0v) is 16.6. The summed E-state index contributed by atoms with van der Waals surface area (Å²) < 4.78 is 5.62. The van der Waals surface area contributed by atoms with E-state index in [2.05, 4.69) is 15.3 Å². The van der Waals surface area contributed by atoms with Crippen LogP contribution in [0.2, 0.25) is 5.02 Å². The number of halogens is 1. The predicted octanol–water partition coefficient (Wildman–Crippen LogP) is 2.03. The average Bonchev–Trinajstić information content (AvgIpc) is 2.72. The first-order chi connectivity index (χ1) is 13.7. The lowest BCUT2D eigenvalue weighted by molar-refractivity contribution is -0.135. The van der Waals surface area contributed by atoms with E-state index in [4.69, 9.17) is 16.3 Å². The number of hydrogen-bond donors (Lipinski definition) is 1. The molecule has 1 N–H and O–H groups in total. The fourth-order valence-corrected chi connectivity index (χ4v) is 3.09. The fourth-order valence-electron chi connectivity index (χ4n) is 2.96. The summed E-state index contributed by atoms with van der Waals surface area (Å²) >= 11 is 5.92. The van der Waals surface area contributed by atoms with Crippen LogP contribution in [0, 0.1) is 0 Å². The van der Waals surface area contributed by atoms with E-state index < -0.39 is 0 Å². The number of nitrogens with zero attached hydrogens (tertiary/aromatic N) is 4. The molecule has 8 heteroatoms. The zero-order chi connectivity index (χ0) is 19.8. The van der Waals surface area contributed by atoms with Crippen LogP contribution in [0.5, 0.6) is 5.75 Å². The van der Waals surface area contributed by atoms with Gasteiger partial charge >= 0.3 is 0 Å². The van der Waals surface area contributed by atoms with Crippen molar-refractivity contribution in [1.82, 2.24) is 20.1 Å². The highest BCUT2D eigenvalue weighted by atomic mass is 35.5. The van der Waals surface area contributed by atoms with E-state index in [1.165, 1.54) is 0 Å². The van der Waals surface area contributed by atoms with E-state index in [0.29, 0.717) is 43.8 Å². The second-order valence-electron chi connectivity index (χ2n) is 6.37. The van der Waals surface area contributed by atoms with Crippen molar-refractivity contribution < 1.29 is 9.53 Å². The van der Waals surface area contributed by atoms with Crippen LogP contribution in [0.3, 0.4) is 0 Å². The van der Waals surface area contributed by atoms with E-state index in [-0.39, 0.29) is 5.91 Å². The predicted molar refractivity (Wildman–Crippen MR) is 110 cm³/mol. The van der Waals surface area contributed by atoms with Crippen molar-refractivity contribution in [2.75, 3.05) is 39.8 Å². The number of rotatable bonds is 6. The van der Waals surface area contributed by atoms with Crippen LogP contribution in [-0.4, -0.2) is 66.5 Å². The van der Waals surface area contributed by atoms with Crippen molar-refractivity contribution in [3.05, 3.63) is 59.4 Å². The smallest absolute Gasteiger partial charge is 0.242 e. The molecular formula is C20H24ClN5O2. The summed E-state index contributed by atoms with van der Waals surface area (Å²) in [6.07, 6.45) is 3.38. The van der Waals surface area contributed by atoms with Crippen LogP contribution in [0.25, 0.3) is 0 Å². The van der Waals surface area contributed by atoms with Gasteiger partial charge in [-0.3, -0.25) is 14.8 Å². The van der Waals surface area contributed by atoms with E-state index in [0.717, 1.165) is 17.9 Å². The maximum atomic E-state index is 12.6. The number of pyridine rings is 1. The number of carbonyl (C=O) groups is 1. The Morgan fingerprint density at radius 2 is 2.11 bits per heavy atom. The number of carbonyl (C=O) groups excluding carboxylic acids is 1. The van der Waals surface area contributed by atoms with Gasteiger partial charge in [0.2, 0.25) is 5.91 Å². The number of benzene rings is 1. The first-order valence-electron chi connectivity index (χ1n) is 9.16. The Bertz CT molecular complexity index is 798. The molecule has 2 aromatic rings. The molecule has 148 valence electrons. The SMILES string of the molecule is CN=C(NCCOc1cccnc1)N1CCN(Cc2ccc(Cl)cc2)C(=O)C1. The number of nitrogens with one attached hydrogen (secondary N) is 1. The summed E-state index contributed by atoms with van der Waals surface area (Å²) in [6.45, 7) is 3.33. The summed E-state index contributed by atoms with van der Waals surface area (Å²) in [5, 5.41) is 3.94. The molecule has 0 spiro atoms. The molecule has 1 saturated heterocycles. The first kappa shape index (κ1) is 19.9. The van der Waals surface area contributed by atoms with Crippen molar-refractivity contribution in [3.8, 4) is 5.75 Å². The van der Waals surface area contributed by atoms with Gasteiger partial charge in [-0.05, 0) is 29.8 Å². The maximum Gasteiger partial charge on any atom is 0.242 e. The van der Waals surface area contributed by atoms with Gasteiger partial charge in [-0.2, -0.15) is 0 Å². The Labute approximate surface area is 170 Å². The van der Waals surface area contributed by atoms with Crippen molar-refractivity contribution >= 4 is 23.5 Å².